The molecular formula is C17H28ClN3O2. The summed E-state index contributed by atoms with van der Waals surface area (Å²) in [4.78, 5) is 24.4. The summed E-state index contributed by atoms with van der Waals surface area (Å²) in [6.07, 6.45) is 0.282. The molecule has 0 aliphatic rings. The lowest BCUT2D eigenvalue weighted by Crippen LogP contribution is -2.51. The Balaban J connectivity index is 0.00000484. The van der Waals surface area contributed by atoms with E-state index >= 15 is 0 Å². The Morgan fingerprint density at radius 1 is 1.09 bits per heavy atom. The standard InChI is InChI=1S/C17H27N3O2.ClH/c1-12(2)16(17(22)19-11-13(3)18-4)20-15(21)10-14-8-6-5-7-9-14;/h5-9,12-13,16,18H,10-11H2,1-4H3,(H,19,22)(H,20,21);1H. The van der Waals surface area contributed by atoms with Gasteiger partial charge in [0.05, 0.1) is 6.42 Å². The zero-order chi connectivity index (χ0) is 16.5. The van der Waals surface area contributed by atoms with E-state index in [-0.39, 0.29) is 42.6 Å². The molecule has 0 aromatic heterocycles. The monoisotopic (exact) mass is 341 g/mol. The number of hydrogen-bond acceptors (Lipinski definition) is 3. The lowest BCUT2D eigenvalue weighted by atomic mass is 10.0. The molecule has 5 nitrogen and oxygen atoms in total. The van der Waals surface area contributed by atoms with Crippen molar-refractivity contribution >= 4 is 24.2 Å². The average molecular weight is 342 g/mol. The minimum atomic E-state index is -0.514. The van der Waals surface area contributed by atoms with Crippen molar-refractivity contribution in [2.75, 3.05) is 13.6 Å². The van der Waals surface area contributed by atoms with Crippen molar-refractivity contribution in [3.63, 3.8) is 0 Å². The molecular weight excluding hydrogens is 314 g/mol. The normalized spacial score (nSPS) is 12.9. The van der Waals surface area contributed by atoms with Crippen LogP contribution in [0, 0.1) is 5.92 Å². The molecule has 0 aliphatic heterocycles. The molecule has 0 spiro atoms. The van der Waals surface area contributed by atoms with Gasteiger partial charge in [0, 0.05) is 12.6 Å². The van der Waals surface area contributed by atoms with Gasteiger partial charge in [0.15, 0.2) is 0 Å². The SMILES string of the molecule is CNC(C)CNC(=O)C(NC(=O)Cc1ccccc1)C(C)C.Cl. The zero-order valence-corrected chi connectivity index (χ0v) is 15.1. The topological polar surface area (TPSA) is 70.2 Å². The second kappa shape index (κ2) is 11.0. The average Bonchev–Trinajstić information content (AvgIpc) is 2.50. The smallest absolute Gasteiger partial charge is 0.242 e. The van der Waals surface area contributed by atoms with Gasteiger partial charge >= 0.3 is 0 Å². The van der Waals surface area contributed by atoms with Gasteiger partial charge in [-0.1, -0.05) is 44.2 Å². The predicted molar refractivity (Wildman–Crippen MR) is 95.7 cm³/mol. The van der Waals surface area contributed by atoms with Crippen LogP contribution in [0.25, 0.3) is 0 Å². The predicted octanol–water partition coefficient (Wildman–Crippen LogP) is 1.52. The van der Waals surface area contributed by atoms with Gasteiger partial charge in [-0.2, -0.15) is 0 Å². The lowest BCUT2D eigenvalue weighted by molar-refractivity contribution is -0.129. The van der Waals surface area contributed by atoms with Gasteiger partial charge in [-0.05, 0) is 25.5 Å². The molecule has 0 heterocycles. The first-order valence-electron chi connectivity index (χ1n) is 7.72. The van der Waals surface area contributed by atoms with Gasteiger partial charge in [0.1, 0.15) is 6.04 Å². The molecule has 0 aliphatic carbocycles. The maximum absolute atomic E-state index is 12.2. The van der Waals surface area contributed by atoms with E-state index in [4.69, 9.17) is 0 Å². The van der Waals surface area contributed by atoms with E-state index in [2.05, 4.69) is 16.0 Å². The summed E-state index contributed by atoms with van der Waals surface area (Å²) in [7, 11) is 1.85. The van der Waals surface area contributed by atoms with Crippen molar-refractivity contribution in [1.29, 1.82) is 0 Å². The van der Waals surface area contributed by atoms with Crippen LogP contribution in [0.4, 0.5) is 0 Å². The summed E-state index contributed by atoms with van der Waals surface area (Å²) < 4.78 is 0. The van der Waals surface area contributed by atoms with Crippen LogP contribution in [0.15, 0.2) is 30.3 Å². The van der Waals surface area contributed by atoms with Gasteiger partial charge in [0.2, 0.25) is 11.8 Å². The molecule has 2 amide bonds. The third-order valence-corrected chi connectivity index (χ3v) is 3.55. The van der Waals surface area contributed by atoms with Crippen molar-refractivity contribution < 1.29 is 9.59 Å². The summed E-state index contributed by atoms with van der Waals surface area (Å²) in [5.41, 5.74) is 0.937. The molecule has 0 radical (unpaired) electrons. The molecule has 2 atom stereocenters. The van der Waals surface area contributed by atoms with Crippen molar-refractivity contribution in [2.45, 2.75) is 39.3 Å². The number of benzene rings is 1. The fourth-order valence-electron chi connectivity index (χ4n) is 2.01. The molecule has 0 fully saturated rings. The Morgan fingerprint density at radius 2 is 1.70 bits per heavy atom. The first kappa shape index (κ1) is 21.4. The third kappa shape index (κ3) is 8.00. The number of carbonyl (C=O) groups is 2. The molecule has 3 N–H and O–H groups in total. The summed E-state index contributed by atoms with van der Waals surface area (Å²) in [6, 6.07) is 9.19. The quantitative estimate of drug-likeness (QED) is 0.671. The van der Waals surface area contributed by atoms with Crippen molar-refractivity contribution in [1.82, 2.24) is 16.0 Å². The number of rotatable bonds is 8. The van der Waals surface area contributed by atoms with E-state index in [1.807, 2.05) is 58.2 Å². The fourth-order valence-corrected chi connectivity index (χ4v) is 2.01. The Bertz CT molecular complexity index is 480. The van der Waals surface area contributed by atoms with E-state index in [1.165, 1.54) is 0 Å². The first-order valence-corrected chi connectivity index (χ1v) is 7.72. The molecule has 23 heavy (non-hydrogen) atoms. The van der Waals surface area contributed by atoms with Gasteiger partial charge < -0.3 is 16.0 Å². The van der Waals surface area contributed by atoms with Gasteiger partial charge in [-0.15, -0.1) is 12.4 Å². The third-order valence-electron chi connectivity index (χ3n) is 3.55. The largest absolute Gasteiger partial charge is 0.353 e. The molecule has 0 bridgehead atoms. The number of likely N-dealkylation sites (N-methyl/N-ethyl adjacent to an activating group) is 1. The Kier molecular flexibility index (Phi) is 10.3. The summed E-state index contributed by atoms with van der Waals surface area (Å²) >= 11 is 0. The van der Waals surface area contributed by atoms with Crippen LogP contribution in [-0.2, 0) is 16.0 Å². The fraction of sp³-hybridized carbons (Fsp3) is 0.529. The number of halogens is 1. The molecule has 6 heteroatoms. The maximum atomic E-state index is 12.2. The van der Waals surface area contributed by atoms with Crippen LogP contribution in [0.2, 0.25) is 0 Å². The highest BCUT2D eigenvalue weighted by molar-refractivity contribution is 5.88. The van der Waals surface area contributed by atoms with E-state index in [0.717, 1.165) is 5.56 Å². The van der Waals surface area contributed by atoms with Gasteiger partial charge in [-0.25, -0.2) is 0 Å². The summed E-state index contributed by atoms with van der Waals surface area (Å²) in [5, 5.41) is 8.76. The molecule has 0 saturated heterocycles. The summed E-state index contributed by atoms with van der Waals surface area (Å²) in [5.74, 6) is -0.246. The van der Waals surface area contributed by atoms with Crippen LogP contribution < -0.4 is 16.0 Å². The van der Waals surface area contributed by atoms with Crippen molar-refractivity contribution in [3.05, 3.63) is 35.9 Å². The molecule has 1 rings (SSSR count). The maximum Gasteiger partial charge on any atom is 0.242 e. The van der Waals surface area contributed by atoms with Crippen LogP contribution in [-0.4, -0.2) is 37.5 Å². The lowest BCUT2D eigenvalue weighted by Gasteiger charge is -2.22. The van der Waals surface area contributed by atoms with Crippen molar-refractivity contribution in [3.8, 4) is 0 Å². The van der Waals surface area contributed by atoms with Gasteiger partial charge in [-0.3, -0.25) is 9.59 Å². The molecule has 0 saturated carbocycles. The Morgan fingerprint density at radius 3 is 2.22 bits per heavy atom. The first-order chi connectivity index (χ1) is 10.4. The Hall–Kier alpha value is -1.59. The van der Waals surface area contributed by atoms with E-state index in [1.54, 1.807) is 0 Å². The number of hydrogen-bond donors (Lipinski definition) is 3. The Labute approximate surface area is 145 Å². The second-order valence-electron chi connectivity index (χ2n) is 5.89. The van der Waals surface area contributed by atoms with Crippen LogP contribution in [0.1, 0.15) is 26.3 Å². The molecule has 1 aromatic rings. The highest BCUT2D eigenvalue weighted by Crippen LogP contribution is 2.04. The number of carbonyl (C=O) groups excluding carboxylic acids is 2. The van der Waals surface area contributed by atoms with Crippen LogP contribution in [0.3, 0.4) is 0 Å². The number of nitrogens with one attached hydrogen (secondary N) is 3. The summed E-state index contributed by atoms with van der Waals surface area (Å²) in [6.45, 7) is 6.37. The number of amides is 2. The molecule has 1 aromatic carbocycles. The van der Waals surface area contributed by atoms with Crippen molar-refractivity contribution in [2.24, 2.45) is 5.92 Å². The van der Waals surface area contributed by atoms with E-state index < -0.39 is 6.04 Å². The second-order valence-corrected chi connectivity index (χ2v) is 5.89. The highest BCUT2D eigenvalue weighted by Gasteiger charge is 2.24. The highest BCUT2D eigenvalue weighted by atomic mass is 35.5. The van der Waals surface area contributed by atoms with Crippen LogP contribution >= 0.6 is 12.4 Å². The molecule has 2 unspecified atom stereocenters. The van der Waals surface area contributed by atoms with E-state index in [0.29, 0.717) is 6.54 Å². The van der Waals surface area contributed by atoms with E-state index in [9.17, 15) is 9.59 Å². The van der Waals surface area contributed by atoms with Gasteiger partial charge in [0.25, 0.3) is 0 Å². The van der Waals surface area contributed by atoms with Crippen LogP contribution in [0.5, 0.6) is 0 Å². The zero-order valence-electron chi connectivity index (χ0n) is 14.3. The minimum absolute atomic E-state index is 0. The molecule has 130 valence electrons. The minimum Gasteiger partial charge on any atom is -0.353 e.